The molecule has 4 aliphatic rings. The van der Waals surface area contributed by atoms with Gasteiger partial charge in [0, 0.05) is 5.56 Å². The molecule has 4 aliphatic carbocycles. The highest BCUT2D eigenvalue weighted by atomic mass is 32.2. The molecule has 2 nitrogen and oxygen atoms in total. The SMILES string of the molecule is Cc1c(F)cccc1N[S@@](=O)C12CC3CC(CC(C3)C1)C2. The zero-order valence-electron chi connectivity index (χ0n) is 12.4. The molecule has 1 aromatic carbocycles. The Balaban J connectivity index is 1.59. The highest BCUT2D eigenvalue weighted by Crippen LogP contribution is 2.57. The summed E-state index contributed by atoms with van der Waals surface area (Å²) in [5.74, 6) is 2.09. The van der Waals surface area contributed by atoms with Gasteiger partial charge in [-0.1, -0.05) is 6.07 Å². The van der Waals surface area contributed by atoms with E-state index in [1.54, 1.807) is 13.0 Å². The lowest BCUT2D eigenvalue weighted by Gasteiger charge is -2.55. The fraction of sp³-hybridized carbons (Fsp3) is 0.647. The molecule has 0 heterocycles. The van der Waals surface area contributed by atoms with Gasteiger partial charge in [0.1, 0.15) is 16.8 Å². The van der Waals surface area contributed by atoms with E-state index in [0.29, 0.717) is 11.3 Å². The first-order chi connectivity index (χ1) is 10.1. The van der Waals surface area contributed by atoms with Gasteiger partial charge in [0.05, 0.1) is 10.4 Å². The van der Waals surface area contributed by atoms with Crippen LogP contribution in [0.15, 0.2) is 18.2 Å². The molecule has 1 aromatic rings. The third-order valence-corrected chi connectivity index (χ3v) is 7.54. The van der Waals surface area contributed by atoms with E-state index in [4.69, 9.17) is 0 Å². The van der Waals surface area contributed by atoms with E-state index in [-0.39, 0.29) is 10.6 Å². The first-order valence-electron chi connectivity index (χ1n) is 7.99. The minimum atomic E-state index is -1.11. The van der Waals surface area contributed by atoms with Gasteiger partial charge in [-0.15, -0.1) is 0 Å². The fourth-order valence-electron chi connectivity index (χ4n) is 5.18. The minimum absolute atomic E-state index is 0.0620. The Morgan fingerprint density at radius 1 is 1.14 bits per heavy atom. The van der Waals surface area contributed by atoms with Gasteiger partial charge in [0.25, 0.3) is 0 Å². The number of hydrogen-bond acceptors (Lipinski definition) is 1. The number of halogens is 1. The third kappa shape index (κ3) is 2.23. The minimum Gasteiger partial charge on any atom is -0.304 e. The van der Waals surface area contributed by atoms with E-state index in [1.165, 1.54) is 25.3 Å². The van der Waals surface area contributed by atoms with Gasteiger partial charge in [0.2, 0.25) is 0 Å². The Morgan fingerprint density at radius 3 is 2.29 bits per heavy atom. The van der Waals surface area contributed by atoms with Gasteiger partial charge in [-0.25, -0.2) is 8.60 Å². The molecular formula is C17H22FNOS. The van der Waals surface area contributed by atoms with Crippen molar-refractivity contribution in [2.45, 2.75) is 50.2 Å². The van der Waals surface area contributed by atoms with Crippen molar-refractivity contribution in [2.24, 2.45) is 17.8 Å². The molecule has 1 atom stereocenters. The smallest absolute Gasteiger partial charge is 0.128 e. The van der Waals surface area contributed by atoms with Gasteiger partial charge in [-0.2, -0.15) is 0 Å². The molecule has 21 heavy (non-hydrogen) atoms. The van der Waals surface area contributed by atoms with Crippen LogP contribution in [0.25, 0.3) is 0 Å². The normalized spacial score (nSPS) is 38.5. The van der Waals surface area contributed by atoms with Crippen molar-refractivity contribution in [3.8, 4) is 0 Å². The van der Waals surface area contributed by atoms with Crippen LogP contribution in [0.4, 0.5) is 10.1 Å². The second-order valence-electron chi connectivity index (χ2n) is 7.38. The predicted octanol–water partition coefficient (Wildman–Crippen LogP) is 4.18. The lowest BCUT2D eigenvalue weighted by Crippen LogP contribution is -2.54. The van der Waals surface area contributed by atoms with Crippen LogP contribution in [0.3, 0.4) is 0 Å². The maximum Gasteiger partial charge on any atom is 0.128 e. The zero-order valence-corrected chi connectivity index (χ0v) is 13.2. The van der Waals surface area contributed by atoms with Gasteiger partial charge < -0.3 is 4.72 Å². The fourth-order valence-corrected chi connectivity index (χ4v) is 6.98. The van der Waals surface area contributed by atoms with E-state index in [2.05, 4.69) is 4.72 Å². The van der Waals surface area contributed by atoms with Crippen molar-refractivity contribution in [3.05, 3.63) is 29.6 Å². The van der Waals surface area contributed by atoms with Gasteiger partial charge in [-0.3, -0.25) is 0 Å². The molecule has 0 unspecified atom stereocenters. The molecule has 4 bridgehead atoms. The molecule has 4 heteroatoms. The second kappa shape index (κ2) is 4.80. The van der Waals surface area contributed by atoms with Gasteiger partial charge in [-0.05, 0) is 75.3 Å². The molecule has 5 rings (SSSR count). The Morgan fingerprint density at radius 2 is 1.71 bits per heavy atom. The highest BCUT2D eigenvalue weighted by Gasteiger charge is 2.54. The molecule has 114 valence electrons. The molecule has 0 spiro atoms. The summed E-state index contributed by atoms with van der Waals surface area (Å²) in [6.45, 7) is 1.74. The van der Waals surface area contributed by atoms with Crippen molar-refractivity contribution >= 4 is 16.7 Å². The lowest BCUT2D eigenvalue weighted by molar-refractivity contribution is 0.0363. The van der Waals surface area contributed by atoms with E-state index in [1.807, 2.05) is 6.07 Å². The molecule has 0 saturated heterocycles. The largest absolute Gasteiger partial charge is 0.304 e. The van der Waals surface area contributed by atoms with Gasteiger partial charge >= 0.3 is 0 Å². The Labute approximate surface area is 128 Å². The maximum absolute atomic E-state index is 13.7. The van der Waals surface area contributed by atoms with E-state index in [0.717, 1.165) is 37.0 Å². The first kappa shape index (κ1) is 13.7. The van der Waals surface area contributed by atoms with Crippen molar-refractivity contribution in [1.82, 2.24) is 0 Å². The Hall–Kier alpha value is -0.900. The summed E-state index contributed by atoms with van der Waals surface area (Å²) >= 11 is 0. The maximum atomic E-state index is 13.7. The van der Waals surface area contributed by atoms with Crippen LogP contribution in [-0.2, 0) is 11.0 Å². The monoisotopic (exact) mass is 307 g/mol. The van der Waals surface area contributed by atoms with Crippen molar-refractivity contribution in [1.29, 1.82) is 0 Å². The molecule has 0 amide bonds. The topological polar surface area (TPSA) is 29.1 Å². The van der Waals surface area contributed by atoms with E-state index in [9.17, 15) is 8.60 Å². The molecule has 4 saturated carbocycles. The van der Waals surface area contributed by atoms with Crippen LogP contribution in [0.2, 0.25) is 0 Å². The number of nitrogens with one attached hydrogen (secondary N) is 1. The van der Waals surface area contributed by atoms with Crippen LogP contribution in [0, 0.1) is 30.5 Å². The third-order valence-electron chi connectivity index (χ3n) is 5.85. The number of hydrogen-bond donors (Lipinski definition) is 1. The van der Waals surface area contributed by atoms with Crippen molar-refractivity contribution in [2.75, 3.05) is 4.72 Å². The predicted molar refractivity (Wildman–Crippen MR) is 83.8 cm³/mol. The van der Waals surface area contributed by atoms with E-state index >= 15 is 0 Å². The molecule has 0 aliphatic heterocycles. The second-order valence-corrected chi connectivity index (χ2v) is 8.99. The first-order valence-corrected chi connectivity index (χ1v) is 9.14. The van der Waals surface area contributed by atoms with E-state index < -0.39 is 11.0 Å². The van der Waals surface area contributed by atoms with Crippen molar-refractivity contribution in [3.63, 3.8) is 0 Å². The molecule has 0 aromatic heterocycles. The summed E-state index contributed by atoms with van der Waals surface area (Å²) in [7, 11) is -1.11. The summed E-state index contributed by atoms with van der Waals surface area (Å²) in [5.41, 5.74) is 1.25. The molecule has 4 fully saturated rings. The quantitative estimate of drug-likeness (QED) is 0.892. The highest BCUT2D eigenvalue weighted by molar-refractivity contribution is 7.87. The molecular weight excluding hydrogens is 285 g/mol. The summed E-state index contributed by atoms with van der Waals surface area (Å²) < 4.78 is 29.7. The van der Waals surface area contributed by atoms with Crippen LogP contribution in [0.5, 0.6) is 0 Å². The Bertz CT molecular complexity index is 565. The molecule has 0 radical (unpaired) electrons. The lowest BCUT2D eigenvalue weighted by atomic mass is 9.56. The van der Waals surface area contributed by atoms with Gasteiger partial charge in [0.15, 0.2) is 0 Å². The molecule has 1 N–H and O–H groups in total. The summed E-state index contributed by atoms with van der Waals surface area (Å²) in [5, 5.41) is 0. The van der Waals surface area contributed by atoms with Crippen LogP contribution in [0.1, 0.15) is 44.1 Å². The number of rotatable bonds is 3. The average molecular weight is 307 g/mol. The van der Waals surface area contributed by atoms with Crippen LogP contribution in [-0.4, -0.2) is 8.96 Å². The van der Waals surface area contributed by atoms with Crippen molar-refractivity contribution < 1.29 is 8.60 Å². The average Bonchev–Trinajstić information content (AvgIpc) is 2.42. The Kier molecular flexibility index (Phi) is 3.14. The summed E-state index contributed by atoms with van der Waals surface area (Å²) in [6, 6.07) is 4.96. The zero-order chi connectivity index (χ0) is 14.6. The standard InChI is InChI=1S/C17H22FNOS/c1-11-15(18)3-2-4-16(11)19-21(20)17-8-12-5-13(9-17)7-14(6-12)10-17/h2-4,12-14,19H,5-10H2,1H3/t12?,13?,14?,17?,21-/m0/s1. The summed E-state index contributed by atoms with van der Waals surface area (Å²) in [4.78, 5) is 0. The van der Waals surface area contributed by atoms with Crippen LogP contribution < -0.4 is 4.72 Å². The number of anilines is 1. The van der Waals surface area contributed by atoms with Crippen LogP contribution >= 0.6 is 0 Å². The summed E-state index contributed by atoms with van der Waals surface area (Å²) in [6.07, 6.45) is 7.30. The number of benzene rings is 1.